The molecule has 0 fully saturated rings. The molecule has 0 bridgehead atoms. The highest BCUT2D eigenvalue weighted by molar-refractivity contribution is 5.88. The molecule has 0 saturated heterocycles. The van der Waals surface area contributed by atoms with Gasteiger partial charge in [0.25, 0.3) is 0 Å². The Balaban J connectivity index is 2.77. The summed E-state index contributed by atoms with van der Waals surface area (Å²) in [5, 5.41) is 2.45. The van der Waals surface area contributed by atoms with Crippen molar-refractivity contribution in [2.45, 2.75) is 52.7 Å². The lowest BCUT2D eigenvalue weighted by Gasteiger charge is -2.22. The zero-order valence-electron chi connectivity index (χ0n) is 15.9. The largest absolute Gasteiger partial charge is 0.516 e. The minimum absolute atomic E-state index is 0.109. The SMILES string of the molecule is CC(C)COC(=O)OC(=O)C(Cc1ccccc1)NC(=O)OC(C)(C)C. The maximum absolute atomic E-state index is 12.3. The van der Waals surface area contributed by atoms with Crippen LogP contribution < -0.4 is 5.32 Å². The van der Waals surface area contributed by atoms with Crippen LogP contribution in [0.25, 0.3) is 0 Å². The van der Waals surface area contributed by atoms with E-state index in [2.05, 4.69) is 5.32 Å². The second-order valence-electron chi connectivity index (χ2n) is 7.26. The van der Waals surface area contributed by atoms with Gasteiger partial charge >= 0.3 is 18.2 Å². The maximum atomic E-state index is 12.3. The highest BCUT2D eigenvalue weighted by atomic mass is 16.7. The van der Waals surface area contributed by atoms with Crippen molar-refractivity contribution in [1.29, 1.82) is 0 Å². The van der Waals surface area contributed by atoms with Gasteiger partial charge in [-0.05, 0) is 32.3 Å². The van der Waals surface area contributed by atoms with Gasteiger partial charge in [0.1, 0.15) is 11.6 Å². The Hall–Kier alpha value is -2.57. The summed E-state index contributed by atoms with van der Waals surface area (Å²) >= 11 is 0. The number of rotatable bonds is 6. The van der Waals surface area contributed by atoms with Crippen LogP contribution in [0, 0.1) is 5.92 Å². The van der Waals surface area contributed by atoms with Crippen LogP contribution in [0.2, 0.25) is 0 Å². The molecule has 1 unspecified atom stereocenters. The van der Waals surface area contributed by atoms with Crippen LogP contribution in [0.5, 0.6) is 0 Å². The number of alkyl carbamates (subject to hydrolysis) is 1. The van der Waals surface area contributed by atoms with E-state index in [1.807, 2.05) is 32.0 Å². The quantitative estimate of drug-likeness (QED) is 0.613. The molecule has 1 N–H and O–H groups in total. The van der Waals surface area contributed by atoms with E-state index in [9.17, 15) is 14.4 Å². The lowest BCUT2D eigenvalue weighted by molar-refractivity contribution is -0.142. The van der Waals surface area contributed by atoms with Crippen molar-refractivity contribution in [3.8, 4) is 0 Å². The average Bonchev–Trinajstić information content (AvgIpc) is 2.51. The Kier molecular flexibility index (Phi) is 8.09. The minimum Gasteiger partial charge on any atom is -0.444 e. The van der Waals surface area contributed by atoms with Gasteiger partial charge < -0.3 is 19.5 Å². The Morgan fingerprint density at radius 3 is 2.23 bits per heavy atom. The first-order chi connectivity index (χ1) is 12.1. The van der Waals surface area contributed by atoms with Gasteiger partial charge in [-0.1, -0.05) is 44.2 Å². The van der Waals surface area contributed by atoms with Crippen LogP contribution >= 0.6 is 0 Å². The summed E-state index contributed by atoms with van der Waals surface area (Å²) in [7, 11) is 0. The first kappa shape index (κ1) is 21.5. The molecule has 0 aliphatic heterocycles. The van der Waals surface area contributed by atoms with E-state index in [0.717, 1.165) is 5.56 Å². The van der Waals surface area contributed by atoms with Crippen LogP contribution in [0.3, 0.4) is 0 Å². The first-order valence-corrected chi connectivity index (χ1v) is 8.48. The molecule has 0 aromatic heterocycles. The molecule has 0 heterocycles. The number of nitrogens with one attached hydrogen (secondary N) is 1. The van der Waals surface area contributed by atoms with Crippen LogP contribution in [-0.2, 0) is 25.4 Å². The van der Waals surface area contributed by atoms with Crippen LogP contribution in [0.15, 0.2) is 30.3 Å². The van der Waals surface area contributed by atoms with Gasteiger partial charge in [-0.15, -0.1) is 0 Å². The number of carbonyl (C=O) groups excluding carboxylic acids is 3. The van der Waals surface area contributed by atoms with Gasteiger partial charge in [0.15, 0.2) is 0 Å². The Bertz CT molecular complexity index is 606. The minimum atomic E-state index is -1.09. The fraction of sp³-hybridized carbons (Fsp3) is 0.526. The van der Waals surface area contributed by atoms with Gasteiger partial charge in [-0.25, -0.2) is 14.4 Å². The molecule has 0 aliphatic carbocycles. The van der Waals surface area contributed by atoms with Gasteiger partial charge in [-0.2, -0.15) is 0 Å². The van der Waals surface area contributed by atoms with Gasteiger partial charge in [-0.3, -0.25) is 0 Å². The third-order valence-electron chi connectivity index (χ3n) is 2.98. The Morgan fingerprint density at radius 1 is 1.08 bits per heavy atom. The van der Waals surface area contributed by atoms with Gasteiger partial charge in [0.05, 0.1) is 6.61 Å². The highest BCUT2D eigenvalue weighted by Crippen LogP contribution is 2.10. The third-order valence-corrected chi connectivity index (χ3v) is 2.98. The molecule has 0 spiro atoms. The predicted molar refractivity (Wildman–Crippen MR) is 95.6 cm³/mol. The number of hydrogen-bond acceptors (Lipinski definition) is 6. The lowest BCUT2D eigenvalue weighted by atomic mass is 10.1. The summed E-state index contributed by atoms with van der Waals surface area (Å²) in [6.07, 6.45) is -1.71. The van der Waals surface area contributed by atoms with E-state index in [-0.39, 0.29) is 18.9 Å². The number of hydrogen-bond donors (Lipinski definition) is 1. The Morgan fingerprint density at radius 2 is 1.69 bits per heavy atom. The number of benzene rings is 1. The van der Waals surface area contributed by atoms with Crippen LogP contribution in [-0.4, -0.2) is 36.5 Å². The molecule has 0 radical (unpaired) electrons. The second-order valence-corrected chi connectivity index (χ2v) is 7.26. The average molecular weight is 365 g/mol. The molecule has 7 heteroatoms. The van der Waals surface area contributed by atoms with Crippen LogP contribution in [0.1, 0.15) is 40.2 Å². The fourth-order valence-electron chi connectivity index (χ4n) is 1.91. The standard InChI is InChI=1S/C19H27NO6/c1-13(2)12-24-18(23)25-16(21)15(11-14-9-7-6-8-10-14)20-17(22)26-19(3,4)5/h6-10,13,15H,11-12H2,1-5H3,(H,20,22). The van der Waals surface area contributed by atoms with E-state index in [1.54, 1.807) is 32.9 Å². The van der Waals surface area contributed by atoms with Crippen molar-refractivity contribution in [1.82, 2.24) is 5.32 Å². The number of ether oxygens (including phenoxy) is 3. The van der Waals surface area contributed by atoms with Crippen molar-refractivity contribution in [2.75, 3.05) is 6.61 Å². The molecule has 0 saturated carbocycles. The van der Waals surface area contributed by atoms with Crippen molar-refractivity contribution in [3.05, 3.63) is 35.9 Å². The zero-order valence-corrected chi connectivity index (χ0v) is 15.9. The van der Waals surface area contributed by atoms with E-state index in [4.69, 9.17) is 14.2 Å². The monoisotopic (exact) mass is 365 g/mol. The molecule has 1 aromatic carbocycles. The zero-order chi connectivity index (χ0) is 19.7. The van der Waals surface area contributed by atoms with E-state index in [1.165, 1.54) is 0 Å². The van der Waals surface area contributed by atoms with Crippen molar-refractivity contribution >= 4 is 18.2 Å². The molecule has 26 heavy (non-hydrogen) atoms. The maximum Gasteiger partial charge on any atom is 0.516 e. The second kappa shape index (κ2) is 9.79. The molecule has 1 rings (SSSR count). The van der Waals surface area contributed by atoms with E-state index in [0.29, 0.717) is 0 Å². The molecule has 7 nitrogen and oxygen atoms in total. The summed E-state index contributed by atoms with van der Waals surface area (Å²) in [5.41, 5.74) is 0.0719. The number of esters is 1. The smallest absolute Gasteiger partial charge is 0.444 e. The van der Waals surface area contributed by atoms with Crippen molar-refractivity contribution in [3.63, 3.8) is 0 Å². The molecular weight excluding hydrogens is 338 g/mol. The molecular formula is C19H27NO6. The normalized spacial score (nSPS) is 12.2. The third kappa shape index (κ3) is 9.05. The number of carbonyl (C=O) groups is 3. The molecule has 1 atom stereocenters. The topological polar surface area (TPSA) is 90.9 Å². The summed E-state index contributed by atoms with van der Waals surface area (Å²) in [4.78, 5) is 35.9. The summed E-state index contributed by atoms with van der Waals surface area (Å²) < 4.78 is 14.7. The van der Waals surface area contributed by atoms with Crippen molar-refractivity contribution in [2.24, 2.45) is 5.92 Å². The molecule has 0 aliphatic rings. The molecule has 1 amide bonds. The van der Waals surface area contributed by atoms with E-state index < -0.39 is 29.9 Å². The van der Waals surface area contributed by atoms with Gasteiger partial charge in [0.2, 0.25) is 0 Å². The van der Waals surface area contributed by atoms with Crippen molar-refractivity contribution < 1.29 is 28.6 Å². The highest BCUT2D eigenvalue weighted by Gasteiger charge is 2.28. The fourth-order valence-corrected chi connectivity index (χ4v) is 1.91. The van der Waals surface area contributed by atoms with Crippen LogP contribution in [0.4, 0.5) is 9.59 Å². The van der Waals surface area contributed by atoms with Gasteiger partial charge in [0, 0.05) is 6.42 Å². The summed E-state index contributed by atoms with van der Waals surface area (Å²) in [5.74, 6) is -0.800. The van der Waals surface area contributed by atoms with E-state index >= 15 is 0 Å². The number of amides is 1. The molecule has 144 valence electrons. The summed E-state index contributed by atoms with van der Waals surface area (Å²) in [6, 6.07) is 7.97. The Labute approximate surface area is 154 Å². The lowest BCUT2D eigenvalue weighted by Crippen LogP contribution is -2.46. The summed E-state index contributed by atoms with van der Waals surface area (Å²) in [6.45, 7) is 8.98. The predicted octanol–water partition coefficient (Wildman–Crippen LogP) is 3.46. The first-order valence-electron chi connectivity index (χ1n) is 8.48. The molecule has 1 aromatic rings.